The van der Waals surface area contributed by atoms with Crippen molar-refractivity contribution in [2.75, 3.05) is 25.0 Å². The second-order valence-corrected chi connectivity index (χ2v) is 7.74. The van der Waals surface area contributed by atoms with Gasteiger partial charge in [0.25, 0.3) is 0 Å². The number of thiophene rings is 1. The number of likely N-dealkylation sites (tertiary alicyclic amines) is 1. The maximum absolute atomic E-state index is 6.06. The van der Waals surface area contributed by atoms with Crippen LogP contribution in [0.5, 0.6) is 0 Å². The number of anilines is 1. The van der Waals surface area contributed by atoms with Crippen LogP contribution in [-0.2, 0) is 13.0 Å². The number of nitrogens with one attached hydrogen (secondary N) is 1. The Balaban J connectivity index is 1.42. The number of benzene rings is 1. The molecule has 0 spiro atoms. The van der Waals surface area contributed by atoms with Gasteiger partial charge in [-0.3, -0.25) is 9.89 Å². The predicted octanol–water partition coefficient (Wildman–Crippen LogP) is 3.95. The summed E-state index contributed by atoms with van der Waals surface area (Å²) >= 11 is 1.85. The minimum atomic E-state index is 0.522. The third kappa shape index (κ3) is 5.58. The molecule has 0 atom stereocenters. The van der Waals surface area contributed by atoms with Gasteiger partial charge in [-0.25, -0.2) is 0 Å². The maximum atomic E-state index is 6.06. The van der Waals surface area contributed by atoms with E-state index in [1.807, 2.05) is 17.4 Å². The topological polar surface area (TPSA) is 53.6 Å². The molecule has 3 N–H and O–H groups in total. The Labute approximate surface area is 154 Å². The zero-order chi connectivity index (χ0) is 17.5. The lowest BCUT2D eigenvalue weighted by atomic mass is 9.97. The highest BCUT2D eigenvalue weighted by Crippen LogP contribution is 2.21. The summed E-state index contributed by atoms with van der Waals surface area (Å²) in [6.07, 6.45) is 3.43. The molecule has 134 valence electrons. The number of nitrogens with two attached hydrogens (primary N) is 1. The van der Waals surface area contributed by atoms with Gasteiger partial charge in [-0.15, -0.1) is 11.3 Å². The summed E-state index contributed by atoms with van der Waals surface area (Å²) in [5, 5.41) is 5.37. The normalized spacial score (nSPS) is 16.9. The van der Waals surface area contributed by atoms with Crippen LogP contribution in [0.4, 0.5) is 5.69 Å². The van der Waals surface area contributed by atoms with Crippen LogP contribution < -0.4 is 11.1 Å². The van der Waals surface area contributed by atoms with Crippen LogP contribution in [0.2, 0.25) is 0 Å². The highest BCUT2D eigenvalue weighted by molar-refractivity contribution is 7.09. The van der Waals surface area contributed by atoms with Crippen molar-refractivity contribution in [3.63, 3.8) is 0 Å². The molecule has 3 rings (SSSR count). The molecule has 0 unspecified atom stereocenters. The van der Waals surface area contributed by atoms with Crippen molar-refractivity contribution in [2.24, 2.45) is 16.6 Å². The molecule has 1 saturated heterocycles. The minimum absolute atomic E-state index is 0.522. The first-order valence-electron chi connectivity index (χ1n) is 9.13. The zero-order valence-corrected chi connectivity index (χ0v) is 15.8. The molecule has 0 radical (unpaired) electrons. The van der Waals surface area contributed by atoms with E-state index in [1.165, 1.54) is 23.3 Å². The molecule has 2 heterocycles. The number of aryl methyl sites for hydroxylation is 1. The Bertz CT molecular complexity index is 673. The predicted molar refractivity (Wildman–Crippen MR) is 108 cm³/mol. The largest absolute Gasteiger partial charge is 0.370 e. The van der Waals surface area contributed by atoms with Gasteiger partial charge in [-0.2, -0.15) is 0 Å². The van der Waals surface area contributed by atoms with Crippen molar-refractivity contribution in [3.05, 3.63) is 52.2 Å². The van der Waals surface area contributed by atoms with E-state index in [0.29, 0.717) is 11.9 Å². The molecular weight excluding hydrogens is 328 g/mol. The number of piperidine rings is 1. The summed E-state index contributed by atoms with van der Waals surface area (Å²) in [7, 11) is 0. The summed E-state index contributed by atoms with van der Waals surface area (Å²) in [6, 6.07) is 12.7. The van der Waals surface area contributed by atoms with E-state index in [4.69, 9.17) is 5.73 Å². The van der Waals surface area contributed by atoms with E-state index in [9.17, 15) is 0 Å². The van der Waals surface area contributed by atoms with E-state index in [0.717, 1.165) is 38.3 Å². The van der Waals surface area contributed by atoms with Crippen LogP contribution in [0.1, 0.15) is 30.2 Å². The SMILES string of the molecule is CCc1cccc(NC(N)=NCC2CCN(Cc3cccs3)CC2)c1. The molecule has 0 amide bonds. The number of hydrogen-bond donors (Lipinski definition) is 2. The number of guanidine groups is 1. The van der Waals surface area contributed by atoms with E-state index >= 15 is 0 Å². The van der Waals surface area contributed by atoms with E-state index in [-0.39, 0.29) is 0 Å². The van der Waals surface area contributed by atoms with Crippen molar-refractivity contribution in [1.29, 1.82) is 0 Å². The minimum Gasteiger partial charge on any atom is -0.370 e. The van der Waals surface area contributed by atoms with Gasteiger partial charge in [-0.1, -0.05) is 25.1 Å². The van der Waals surface area contributed by atoms with Gasteiger partial charge in [0.05, 0.1) is 0 Å². The van der Waals surface area contributed by atoms with Crippen LogP contribution in [0.3, 0.4) is 0 Å². The zero-order valence-electron chi connectivity index (χ0n) is 14.9. The Morgan fingerprint density at radius 2 is 2.12 bits per heavy atom. The van der Waals surface area contributed by atoms with Crippen LogP contribution in [0.15, 0.2) is 46.8 Å². The van der Waals surface area contributed by atoms with E-state index < -0.39 is 0 Å². The number of aliphatic imine (C=N–C) groups is 1. The molecule has 1 aromatic heterocycles. The summed E-state index contributed by atoms with van der Waals surface area (Å²) < 4.78 is 0. The Morgan fingerprint density at radius 1 is 1.28 bits per heavy atom. The summed E-state index contributed by atoms with van der Waals surface area (Å²) in [4.78, 5) is 8.57. The Morgan fingerprint density at radius 3 is 2.84 bits per heavy atom. The highest BCUT2D eigenvalue weighted by Gasteiger charge is 2.19. The van der Waals surface area contributed by atoms with Gasteiger partial charge in [-0.05, 0) is 67.4 Å². The first kappa shape index (κ1) is 18.0. The molecule has 4 nitrogen and oxygen atoms in total. The smallest absolute Gasteiger partial charge is 0.193 e. The van der Waals surface area contributed by atoms with Crippen molar-refractivity contribution >= 4 is 23.0 Å². The van der Waals surface area contributed by atoms with Crippen molar-refractivity contribution in [3.8, 4) is 0 Å². The third-order valence-electron chi connectivity index (χ3n) is 4.79. The Hall–Kier alpha value is -1.85. The molecule has 1 aliphatic rings. The first-order chi connectivity index (χ1) is 12.2. The number of hydrogen-bond acceptors (Lipinski definition) is 3. The second-order valence-electron chi connectivity index (χ2n) is 6.70. The summed E-state index contributed by atoms with van der Waals surface area (Å²) in [5.74, 6) is 1.16. The summed E-state index contributed by atoms with van der Waals surface area (Å²) in [5.41, 5.74) is 8.38. The second kappa shape index (κ2) is 9.02. The van der Waals surface area contributed by atoms with Crippen LogP contribution in [0.25, 0.3) is 0 Å². The molecule has 25 heavy (non-hydrogen) atoms. The quantitative estimate of drug-likeness (QED) is 0.609. The van der Waals surface area contributed by atoms with Crippen LogP contribution in [0, 0.1) is 5.92 Å². The monoisotopic (exact) mass is 356 g/mol. The Kier molecular flexibility index (Phi) is 6.48. The summed E-state index contributed by atoms with van der Waals surface area (Å²) in [6.45, 7) is 6.37. The standard InChI is InChI=1S/C20H28N4S/c1-2-16-5-3-6-18(13-16)23-20(21)22-14-17-8-10-24(11-9-17)15-19-7-4-12-25-19/h3-7,12-13,17H,2,8-11,14-15H2,1H3,(H3,21,22,23). The molecule has 5 heteroatoms. The lowest BCUT2D eigenvalue weighted by molar-refractivity contribution is 0.182. The van der Waals surface area contributed by atoms with Gasteiger partial charge in [0, 0.05) is 23.7 Å². The molecule has 1 aromatic carbocycles. The van der Waals surface area contributed by atoms with Gasteiger partial charge < -0.3 is 11.1 Å². The van der Waals surface area contributed by atoms with Crippen LogP contribution in [-0.4, -0.2) is 30.5 Å². The van der Waals surface area contributed by atoms with E-state index in [1.54, 1.807) is 0 Å². The fourth-order valence-electron chi connectivity index (χ4n) is 3.23. The lowest BCUT2D eigenvalue weighted by Gasteiger charge is -2.30. The maximum Gasteiger partial charge on any atom is 0.193 e. The number of rotatable bonds is 6. The molecule has 0 bridgehead atoms. The molecule has 0 saturated carbocycles. The first-order valence-corrected chi connectivity index (χ1v) is 10.0. The fraction of sp³-hybridized carbons (Fsp3) is 0.450. The average Bonchev–Trinajstić information content (AvgIpc) is 3.14. The lowest BCUT2D eigenvalue weighted by Crippen LogP contribution is -2.34. The van der Waals surface area contributed by atoms with Crippen molar-refractivity contribution in [1.82, 2.24) is 4.90 Å². The molecule has 0 aliphatic carbocycles. The van der Waals surface area contributed by atoms with Gasteiger partial charge >= 0.3 is 0 Å². The van der Waals surface area contributed by atoms with E-state index in [2.05, 4.69) is 57.8 Å². The van der Waals surface area contributed by atoms with Gasteiger partial charge in [0.15, 0.2) is 5.96 Å². The van der Waals surface area contributed by atoms with Gasteiger partial charge in [0.1, 0.15) is 0 Å². The molecule has 2 aromatic rings. The molecule has 1 fully saturated rings. The van der Waals surface area contributed by atoms with Crippen molar-refractivity contribution < 1.29 is 0 Å². The average molecular weight is 357 g/mol. The number of nitrogens with zero attached hydrogens (tertiary/aromatic N) is 2. The van der Waals surface area contributed by atoms with Crippen LogP contribution >= 0.6 is 11.3 Å². The van der Waals surface area contributed by atoms with Gasteiger partial charge in [0.2, 0.25) is 0 Å². The molecule has 1 aliphatic heterocycles. The third-order valence-corrected chi connectivity index (χ3v) is 5.66. The molecular formula is C20H28N4S. The fourth-order valence-corrected chi connectivity index (χ4v) is 3.98. The van der Waals surface area contributed by atoms with Crippen molar-refractivity contribution in [2.45, 2.75) is 32.7 Å². The highest BCUT2D eigenvalue weighted by atomic mass is 32.1.